The highest BCUT2D eigenvalue weighted by Gasteiger charge is 2.29. The van der Waals surface area contributed by atoms with Crippen LogP contribution in [-0.2, 0) is 0 Å². The summed E-state index contributed by atoms with van der Waals surface area (Å²) in [6.45, 7) is 1.49. The van der Waals surface area contributed by atoms with Gasteiger partial charge in [-0.15, -0.1) is 12.4 Å². The first-order chi connectivity index (χ1) is 13.6. The molecule has 0 amide bonds. The number of benzene rings is 1. The van der Waals surface area contributed by atoms with Crippen LogP contribution in [-0.4, -0.2) is 53.9 Å². The number of rotatable bonds is 5. The Morgan fingerprint density at radius 2 is 1.77 bits per heavy atom. The van der Waals surface area contributed by atoms with Crippen molar-refractivity contribution in [2.45, 2.75) is 13.1 Å². The van der Waals surface area contributed by atoms with Crippen LogP contribution in [0.1, 0.15) is 5.56 Å². The summed E-state index contributed by atoms with van der Waals surface area (Å²) in [7, 11) is 0. The number of halogens is 7. The third kappa shape index (κ3) is 5.75. The molecule has 2 aromatic rings. The molecule has 30 heavy (non-hydrogen) atoms. The summed E-state index contributed by atoms with van der Waals surface area (Å²) >= 11 is 0. The van der Waals surface area contributed by atoms with Crippen LogP contribution in [0, 0.1) is 24.4 Å². The van der Waals surface area contributed by atoms with Gasteiger partial charge in [-0.1, -0.05) is 0 Å². The normalized spacial score (nSPS) is 14.3. The molecule has 0 unspecified atom stereocenters. The second-order valence-corrected chi connectivity index (χ2v) is 6.17. The van der Waals surface area contributed by atoms with Crippen LogP contribution in [0.4, 0.5) is 43.9 Å². The largest absolute Gasteiger partial charge is 0.454 e. The lowest BCUT2D eigenvalue weighted by Gasteiger charge is -2.27. The summed E-state index contributed by atoms with van der Waals surface area (Å²) in [5, 5.41) is 5.44. The minimum Gasteiger partial charge on any atom is -0.454 e. The van der Waals surface area contributed by atoms with Crippen molar-refractivity contribution >= 4 is 30.0 Å². The molecule has 1 saturated heterocycles. The number of alkyl halides is 3. The molecule has 2 heterocycles. The molecule has 0 saturated carbocycles. The molecule has 2 N–H and O–H groups in total. The average molecular weight is 459 g/mol. The number of anilines is 3. The predicted molar refractivity (Wildman–Crippen MR) is 98.0 cm³/mol. The Balaban J connectivity index is 0.00000320. The fourth-order valence-corrected chi connectivity index (χ4v) is 2.56. The van der Waals surface area contributed by atoms with E-state index in [1.54, 1.807) is 4.90 Å². The lowest BCUT2D eigenvalue weighted by molar-refractivity contribution is -0.154. The molecule has 0 spiro atoms. The van der Waals surface area contributed by atoms with Crippen LogP contribution >= 0.6 is 12.4 Å². The molecule has 1 aliphatic rings. The van der Waals surface area contributed by atoms with E-state index in [0.29, 0.717) is 32.2 Å². The fraction of sp³-hybridized carbons (Fsp3) is 0.438. The smallest absolute Gasteiger partial charge is 0.422 e. The molecule has 1 fully saturated rings. The minimum absolute atomic E-state index is 0. The number of hydrogen-bond acceptors (Lipinski definition) is 7. The molecule has 166 valence electrons. The van der Waals surface area contributed by atoms with Crippen LogP contribution in [0.15, 0.2) is 6.07 Å². The van der Waals surface area contributed by atoms with Crippen LogP contribution in [0.5, 0.6) is 6.01 Å². The maximum Gasteiger partial charge on any atom is 0.422 e. The summed E-state index contributed by atoms with van der Waals surface area (Å²) in [5.41, 5.74) is -1.06. The van der Waals surface area contributed by atoms with Gasteiger partial charge in [-0.3, -0.25) is 0 Å². The minimum atomic E-state index is -4.63. The van der Waals surface area contributed by atoms with E-state index in [2.05, 4.69) is 30.3 Å². The number of piperazine rings is 1. The maximum atomic E-state index is 14.2. The molecule has 7 nitrogen and oxygen atoms in total. The molecule has 1 aromatic carbocycles. The van der Waals surface area contributed by atoms with E-state index in [4.69, 9.17) is 0 Å². The molecule has 1 aromatic heterocycles. The van der Waals surface area contributed by atoms with Gasteiger partial charge in [0, 0.05) is 37.8 Å². The zero-order valence-corrected chi connectivity index (χ0v) is 16.3. The summed E-state index contributed by atoms with van der Waals surface area (Å²) in [6.07, 6.45) is -4.63. The van der Waals surface area contributed by atoms with Gasteiger partial charge < -0.3 is 20.3 Å². The predicted octanol–water partition coefficient (Wildman–Crippen LogP) is 3.11. The Hall–Kier alpha value is -2.54. The molecule has 0 radical (unpaired) electrons. The van der Waals surface area contributed by atoms with Gasteiger partial charge in [0.2, 0.25) is 11.9 Å². The average Bonchev–Trinajstić information content (AvgIpc) is 2.69. The molecular formula is C16H17ClF6N6O. The number of nitrogens with one attached hydrogen (secondary N) is 2. The second kappa shape index (κ2) is 9.51. The van der Waals surface area contributed by atoms with Crippen LogP contribution in [0.2, 0.25) is 0 Å². The summed E-state index contributed by atoms with van der Waals surface area (Å²) < 4.78 is 83.3. The lowest BCUT2D eigenvalue weighted by atomic mass is 10.2. The maximum absolute atomic E-state index is 14.2. The first kappa shape index (κ1) is 23.7. The van der Waals surface area contributed by atoms with E-state index < -0.39 is 47.5 Å². The van der Waals surface area contributed by atoms with Gasteiger partial charge in [0.05, 0.1) is 5.69 Å². The quantitative estimate of drug-likeness (QED) is 0.527. The highest BCUT2D eigenvalue weighted by Crippen LogP contribution is 2.27. The van der Waals surface area contributed by atoms with Crippen molar-refractivity contribution in [3.05, 3.63) is 29.1 Å². The second-order valence-electron chi connectivity index (χ2n) is 6.17. The third-order valence-corrected chi connectivity index (χ3v) is 3.99. The van der Waals surface area contributed by atoms with Gasteiger partial charge in [-0.05, 0) is 6.92 Å². The number of ether oxygens (including phenoxy) is 1. The summed E-state index contributed by atoms with van der Waals surface area (Å²) in [5.74, 6) is -4.13. The number of hydrogen-bond donors (Lipinski definition) is 2. The molecule has 0 bridgehead atoms. The van der Waals surface area contributed by atoms with Crippen molar-refractivity contribution in [2.75, 3.05) is 43.0 Å². The lowest BCUT2D eigenvalue weighted by Crippen LogP contribution is -2.44. The van der Waals surface area contributed by atoms with Crippen molar-refractivity contribution in [3.8, 4) is 6.01 Å². The van der Waals surface area contributed by atoms with E-state index in [1.807, 2.05) is 0 Å². The van der Waals surface area contributed by atoms with Crippen molar-refractivity contribution in [3.63, 3.8) is 0 Å². The Bertz CT molecular complexity index is 894. The Morgan fingerprint density at radius 1 is 1.10 bits per heavy atom. The van der Waals surface area contributed by atoms with E-state index >= 15 is 0 Å². The van der Waals surface area contributed by atoms with Crippen molar-refractivity contribution < 1.29 is 31.1 Å². The molecule has 3 rings (SSSR count). The first-order valence-corrected chi connectivity index (χ1v) is 8.46. The SMILES string of the molecule is Cc1c(F)c(F)cc(Nc2nc(OCC(F)(F)F)nc(N3CCNCC3)n2)c1F.Cl. The monoisotopic (exact) mass is 458 g/mol. The van der Waals surface area contributed by atoms with Gasteiger partial charge >= 0.3 is 12.2 Å². The Morgan fingerprint density at radius 3 is 2.40 bits per heavy atom. The first-order valence-electron chi connectivity index (χ1n) is 8.46. The van der Waals surface area contributed by atoms with Gasteiger partial charge in [0.1, 0.15) is 0 Å². The third-order valence-electron chi connectivity index (χ3n) is 3.99. The van der Waals surface area contributed by atoms with E-state index in [0.717, 1.165) is 6.92 Å². The van der Waals surface area contributed by atoms with Crippen LogP contribution < -0.4 is 20.3 Å². The van der Waals surface area contributed by atoms with E-state index in [9.17, 15) is 26.3 Å². The van der Waals surface area contributed by atoms with Crippen molar-refractivity contribution in [1.29, 1.82) is 0 Å². The van der Waals surface area contributed by atoms with Gasteiger partial charge in [-0.25, -0.2) is 13.2 Å². The topological polar surface area (TPSA) is 75.2 Å². The standard InChI is InChI=1S/C16H16F6N6O.ClH/c1-8-11(18)9(17)6-10(12(8)19)24-13-25-14(28-4-2-23-3-5-28)27-15(26-13)29-7-16(20,21)22;/h6,23H,2-5,7H2,1H3,(H,24,25,26,27);1H. The highest BCUT2D eigenvalue weighted by molar-refractivity contribution is 5.85. The Labute approximate surface area is 173 Å². The number of aromatic nitrogens is 3. The molecular weight excluding hydrogens is 442 g/mol. The summed E-state index contributed by atoms with van der Waals surface area (Å²) in [4.78, 5) is 13.2. The Kier molecular flexibility index (Phi) is 7.53. The van der Waals surface area contributed by atoms with E-state index in [1.165, 1.54) is 0 Å². The zero-order valence-electron chi connectivity index (χ0n) is 15.5. The zero-order chi connectivity index (χ0) is 21.2. The van der Waals surface area contributed by atoms with Crippen LogP contribution in [0.3, 0.4) is 0 Å². The molecule has 1 aliphatic heterocycles. The fourth-order valence-electron chi connectivity index (χ4n) is 2.56. The van der Waals surface area contributed by atoms with E-state index in [-0.39, 0.29) is 24.3 Å². The summed E-state index contributed by atoms with van der Waals surface area (Å²) in [6, 6.07) is -0.0876. The highest BCUT2D eigenvalue weighted by atomic mass is 35.5. The van der Waals surface area contributed by atoms with Gasteiger partial charge in [-0.2, -0.15) is 28.1 Å². The molecule has 14 heteroatoms. The molecule has 0 aliphatic carbocycles. The van der Waals surface area contributed by atoms with Crippen molar-refractivity contribution in [1.82, 2.24) is 20.3 Å². The van der Waals surface area contributed by atoms with Gasteiger partial charge in [0.25, 0.3) is 0 Å². The molecule has 0 atom stereocenters. The number of nitrogens with zero attached hydrogens (tertiary/aromatic N) is 4. The van der Waals surface area contributed by atoms with Crippen molar-refractivity contribution in [2.24, 2.45) is 0 Å². The van der Waals surface area contributed by atoms with Crippen LogP contribution in [0.25, 0.3) is 0 Å². The van der Waals surface area contributed by atoms with Gasteiger partial charge in [0.15, 0.2) is 24.1 Å².